The van der Waals surface area contributed by atoms with Crippen molar-refractivity contribution in [3.05, 3.63) is 58.1 Å². The van der Waals surface area contributed by atoms with Crippen molar-refractivity contribution in [1.29, 1.82) is 0 Å². The third-order valence-electron chi connectivity index (χ3n) is 5.62. The Morgan fingerprint density at radius 1 is 0.931 bits per heavy atom. The maximum atomic E-state index is 13.0. The van der Waals surface area contributed by atoms with Crippen molar-refractivity contribution in [2.24, 2.45) is 0 Å². The van der Waals surface area contributed by atoms with E-state index in [1.165, 1.54) is 12.1 Å². The van der Waals surface area contributed by atoms with E-state index in [1.54, 1.807) is 23.1 Å². The molecule has 2 aromatic rings. The molecule has 0 N–H and O–H groups in total. The van der Waals surface area contributed by atoms with Crippen molar-refractivity contribution >= 4 is 54.5 Å². The molecule has 0 saturated carbocycles. The fourth-order valence-electron chi connectivity index (χ4n) is 4.20. The first-order chi connectivity index (χ1) is 13.7. The Labute approximate surface area is 184 Å². The van der Waals surface area contributed by atoms with Crippen LogP contribution < -0.4 is 4.90 Å². The van der Waals surface area contributed by atoms with Crippen LogP contribution in [0.4, 0.5) is 5.69 Å². The molecule has 1 unspecified atom stereocenters. The highest BCUT2D eigenvalue weighted by atomic mass is 35.7. The molecule has 2 atom stereocenters. The van der Waals surface area contributed by atoms with E-state index >= 15 is 0 Å². The number of nitrogens with zero attached hydrogens (tertiary/aromatic N) is 2. The maximum absolute atomic E-state index is 13.0. The average molecular weight is 474 g/mol. The smallest absolute Gasteiger partial charge is 0.261 e. The zero-order valence-electron chi connectivity index (χ0n) is 15.4. The SMILES string of the molecule is O=C1C(N2CC[C@@H](c3cc(Cl)cc(Cl)c3)C2)CCN1c1ccc(S(=O)(=O)Cl)cc1. The monoisotopic (exact) mass is 472 g/mol. The summed E-state index contributed by atoms with van der Waals surface area (Å²) >= 11 is 12.3. The lowest BCUT2D eigenvalue weighted by Gasteiger charge is -2.23. The van der Waals surface area contributed by atoms with E-state index in [0.29, 0.717) is 28.2 Å². The van der Waals surface area contributed by atoms with Crippen molar-refractivity contribution in [3.63, 3.8) is 0 Å². The van der Waals surface area contributed by atoms with Gasteiger partial charge in [-0.15, -0.1) is 0 Å². The molecular weight excluding hydrogens is 455 g/mol. The van der Waals surface area contributed by atoms with E-state index in [-0.39, 0.29) is 16.8 Å². The van der Waals surface area contributed by atoms with Crippen LogP contribution in [0.25, 0.3) is 0 Å². The minimum absolute atomic E-state index is 0.0219. The maximum Gasteiger partial charge on any atom is 0.261 e. The summed E-state index contributed by atoms with van der Waals surface area (Å²) < 4.78 is 22.8. The van der Waals surface area contributed by atoms with Gasteiger partial charge in [-0.1, -0.05) is 23.2 Å². The largest absolute Gasteiger partial charge is 0.311 e. The summed E-state index contributed by atoms with van der Waals surface area (Å²) in [6.45, 7) is 2.22. The second-order valence-corrected chi connectivity index (χ2v) is 10.8. The fourth-order valence-corrected chi connectivity index (χ4v) is 5.51. The molecule has 2 saturated heterocycles. The molecule has 2 aliphatic heterocycles. The minimum atomic E-state index is -3.78. The summed E-state index contributed by atoms with van der Waals surface area (Å²) in [5.41, 5.74) is 1.78. The standard InChI is InChI=1S/C20H19Cl3N2O3S/c21-15-9-14(10-16(22)11-15)13-5-7-24(12-13)19-6-8-25(20(19)26)17-1-3-18(4-2-17)29(23,27)28/h1-4,9-11,13,19H,5-8,12H2/t13-,19?/m1/s1. The van der Waals surface area contributed by atoms with E-state index in [0.717, 1.165) is 31.5 Å². The Morgan fingerprint density at radius 3 is 2.21 bits per heavy atom. The zero-order chi connectivity index (χ0) is 20.8. The van der Waals surface area contributed by atoms with Gasteiger partial charge in [-0.05, 0) is 73.3 Å². The predicted molar refractivity (Wildman–Crippen MR) is 116 cm³/mol. The molecule has 4 rings (SSSR count). The van der Waals surface area contributed by atoms with Gasteiger partial charge in [0, 0.05) is 39.5 Å². The van der Waals surface area contributed by atoms with E-state index in [1.807, 2.05) is 12.1 Å². The summed E-state index contributed by atoms with van der Waals surface area (Å²) in [7, 11) is 1.58. The first kappa shape index (κ1) is 20.9. The molecule has 2 heterocycles. The van der Waals surface area contributed by atoms with Gasteiger partial charge < -0.3 is 4.90 Å². The number of hydrogen-bond acceptors (Lipinski definition) is 4. The molecular formula is C20H19Cl3N2O3S. The molecule has 9 heteroatoms. The number of rotatable bonds is 4. The molecule has 1 amide bonds. The molecule has 29 heavy (non-hydrogen) atoms. The molecule has 0 spiro atoms. The molecule has 0 aliphatic carbocycles. The van der Waals surface area contributed by atoms with E-state index in [2.05, 4.69) is 4.90 Å². The lowest BCUT2D eigenvalue weighted by Crippen LogP contribution is -2.40. The molecule has 2 aliphatic rings. The quantitative estimate of drug-likeness (QED) is 0.613. The normalized spacial score (nSPS) is 23.1. The first-order valence-corrected chi connectivity index (χ1v) is 12.3. The molecule has 2 fully saturated rings. The third-order valence-corrected chi connectivity index (χ3v) is 7.43. The predicted octanol–water partition coefficient (Wildman–Crippen LogP) is 4.52. The number of hydrogen-bond donors (Lipinski definition) is 0. The van der Waals surface area contributed by atoms with E-state index < -0.39 is 9.05 Å². The Morgan fingerprint density at radius 2 is 1.59 bits per heavy atom. The van der Waals surface area contributed by atoms with Gasteiger partial charge >= 0.3 is 0 Å². The summed E-state index contributed by atoms with van der Waals surface area (Å²) in [6, 6.07) is 11.5. The van der Waals surface area contributed by atoms with Crippen LogP contribution in [0.1, 0.15) is 24.3 Å². The van der Waals surface area contributed by atoms with Crippen LogP contribution in [-0.4, -0.2) is 44.9 Å². The number of anilines is 1. The second kappa shape index (κ2) is 8.08. The van der Waals surface area contributed by atoms with Gasteiger partial charge in [-0.25, -0.2) is 8.42 Å². The molecule has 0 radical (unpaired) electrons. The minimum Gasteiger partial charge on any atom is -0.311 e. The summed E-state index contributed by atoms with van der Waals surface area (Å²) in [5.74, 6) is 0.331. The highest BCUT2D eigenvalue weighted by molar-refractivity contribution is 8.13. The summed E-state index contributed by atoms with van der Waals surface area (Å²) in [4.78, 5) is 17.0. The van der Waals surface area contributed by atoms with Crippen LogP contribution in [0.5, 0.6) is 0 Å². The first-order valence-electron chi connectivity index (χ1n) is 9.28. The van der Waals surface area contributed by atoms with Crippen molar-refractivity contribution < 1.29 is 13.2 Å². The number of halogens is 3. The van der Waals surface area contributed by atoms with E-state index in [9.17, 15) is 13.2 Å². The fraction of sp³-hybridized carbons (Fsp3) is 0.350. The Bertz CT molecular complexity index is 1020. The molecule has 0 aromatic heterocycles. The van der Waals surface area contributed by atoms with Crippen molar-refractivity contribution in [1.82, 2.24) is 4.90 Å². The van der Waals surface area contributed by atoms with Crippen LogP contribution >= 0.6 is 33.9 Å². The van der Waals surface area contributed by atoms with Gasteiger partial charge in [0.15, 0.2) is 0 Å². The molecule has 0 bridgehead atoms. The lowest BCUT2D eigenvalue weighted by atomic mass is 9.98. The number of carbonyl (C=O) groups is 1. The molecule has 2 aromatic carbocycles. The Kier molecular flexibility index (Phi) is 5.84. The third kappa shape index (κ3) is 4.42. The van der Waals surface area contributed by atoms with Gasteiger partial charge in [-0.2, -0.15) is 0 Å². The van der Waals surface area contributed by atoms with Crippen molar-refractivity contribution in [2.45, 2.75) is 29.7 Å². The second-order valence-electron chi connectivity index (χ2n) is 7.41. The van der Waals surface area contributed by atoms with Crippen molar-refractivity contribution in [3.8, 4) is 0 Å². The van der Waals surface area contributed by atoms with Gasteiger partial charge in [0.1, 0.15) is 0 Å². The molecule has 154 valence electrons. The van der Waals surface area contributed by atoms with Crippen LogP contribution in [0.3, 0.4) is 0 Å². The topological polar surface area (TPSA) is 57.7 Å². The zero-order valence-corrected chi connectivity index (χ0v) is 18.5. The number of amides is 1. The summed E-state index contributed by atoms with van der Waals surface area (Å²) in [6.07, 6.45) is 1.68. The molecule has 5 nitrogen and oxygen atoms in total. The van der Waals surface area contributed by atoms with Crippen LogP contribution in [0.15, 0.2) is 47.4 Å². The van der Waals surface area contributed by atoms with Crippen LogP contribution in [0.2, 0.25) is 10.0 Å². The summed E-state index contributed by atoms with van der Waals surface area (Å²) in [5, 5.41) is 1.24. The van der Waals surface area contributed by atoms with E-state index in [4.69, 9.17) is 33.9 Å². The van der Waals surface area contributed by atoms with Gasteiger partial charge in [0.25, 0.3) is 9.05 Å². The lowest BCUT2D eigenvalue weighted by molar-refractivity contribution is -0.121. The van der Waals surface area contributed by atoms with Crippen LogP contribution in [0, 0.1) is 0 Å². The Balaban J connectivity index is 1.45. The van der Waals surface area contributed by atoms with Gasteiger partial charge in [0.05, 0.1) is 10.9 Å². The van der Waals surface area contributed by atoms with Crippen LogP contribution in [-0.2, 0) is 13.8 Å². The average Bonchev–Trinajstić information content (AvgIpc) is 3.27. The highest BCUT2D eigenvalue weighted by Crippen LogP contribution is 2.34. The number of likely N-dealkylation sites (tertiary alicyclic amines) is 1. The number of carbonyl (C=O) groups excluding carboxylic acids is 1. The Hall–Kier alpha value is -1.31. The van der Waals surface area contributed by atoms with Gasteiger partial charge in [-0.3, -0.25) is 9.69 Å². The highest BCUT2D eigenvalue weighted by Gasteiger charge is 2.39. The number of benzene rings is 2. The van der Waals surface area contributed by atoms with Crippen molar-refractivity contribution in [2.75, 3.05) is 24.5 Å². The van der Waals surface area contributed by atoms with Gasteiger partial charge in [0.2, 0.25) is 5.91 Å².